The Balaban J connectivity index is 2.19. The molecule has 6 nitrogen and oxygen atoms in total. The standard InChI is InChI=1S/C9H11N3O3S2/c10-4-3-8-1-2-9(16-8)17(13,14)12-7-5-11-15-6-7/h1-2,5-6,12H,3-4,10H2. The second kappa shape index (κ2) is 4.86. The summed E-state index contributed by atoms with van der Waals surface area (Å²) in [6.07, 6.45) is 3.20. The van der Waals surface area contributed by atoms with Gasteiger partial charge in [0, 0.05) is 4.88 Å². The highest BCUT2D eigenvalue weighted by Gasteiger charge is 2.17. The van der Waals surface area contributed by atoms with Crippen LogP contribution >= 0.6 is 11.3 Å². The van der Waals surface area contributed by atoms with Crippen molar-refractivity contribution in [2.24, 2.45) is 5.73 Å². The average Bonchev–Trinajstić information content (AvgIpc) is 2.88. The van der Waals surface area contributed by atoms with Gasteiger partial charge in [0.1, 0.15) is 16.2 Å². The highest BCUT2D eigenvalue weighted by Crippen LogP contribution is 2.24. The van der Waals surface area contributed by atoms with E-state index in [2.05, 4.69) is 14.4 Å². The lowest BCUT2D eigenvalue weighted by Crippen LogP contribution is -2.10. The molecule has 2 aromatic heterocycles. The fourth-order valence-electron chi connectivity index (χ4n) is 1.24. The Morgan fingerprint density at radius 1 is 1.47 bits per heavy atom. The molecule has 2 rings (SSSR count). The predicted octanol–water partition coefficient (Wildman–Crippen LogP) is 1.04. The van der Waals surface area contributed by atoms with E-state index in [4.69, 9.17) is 5.73 Å². The van der Waals surface area contributed by atoms with Gasteiger partial charge in [-0.25, -0.2) is 8.42 Å². The van der Waals surface area contributed by atoms with E-state index in [9.17, 15) is 8.42 Å². The molecule has 0 bridgehead atoms. The largest absolute Gasteiger partial charge is 0.362 e. The molecule has 92 valence electrons. The first-order valence-electron chi connectivity index (χ1n) is 4.83. The Hall–Kier alpha value is -1.38. The topological polar surface area (TPSA) is 98.2 Å². The number of nitrogens with zero attached hydrogens (tertiary/aromatic N) is 1. The third-order valence-electron chi connectivity index (χ3n) is 1.98. The van der Waals surface area contributed by atoms with Gasteiger partial charge in [0.05, 0.1) is 6.20 Å². The molecule has 2 aromatic rings. The molecule has 0 amide bonds. The number of anilines is 1. The van der Waals surface area contributed by atoms with Crippen molar-refractivity contribution in [3.8, 4) is 0 Å². The van der Waals surface area contributed by atoms with Crippen LogP contribution in [0, 0.1) is 0 Å². The van der Waals surface area contributed by atoms with E-state index in [1.54, 1.807) is 12.1 Å². The molecule has 0 aliphatic rings. The van der Waals surface area contributed by atoms with E-state index in [-0.39, 0.29) is 4.21 Å². The van der Waals surface area contributed by atoms with Crippen LogP contribution in [0.4, 0.5) is 5.69 Å². The summed E-state index contributed by atoms with van der Waals surface area (Å²) in [5.74, 6) is 0. The minimum atomic E-state index is -3.55. The third-order valence-corrected chi connectivity index (χ3v) is 5.00. The van der Waals surface area contributed by atoms with Crippen molar-refractivity contribution >= 4 is 27.0 Å². The summed E-state index contributed by atoms with van der Waals surface area (Å²) in [6.45, 7) is 0.499. The summed E-state index contributed by atoms with van der Waals surface area (Å²) < 4.78 is 31.0. The first-order valence-corrected chi connectivity index (χ1v) is 7.13. The lowest BCUT2D eigenvalue weighted by atomic mass is 10.3. The molecule has 0 fully saturated rings. The van der Waals surface area contributed by atoms with Crippen molar-refractivity contribution < 1.29 is 12.9 Å². The lowest BCUT2D eigenvalue weighted by molar-refractivity contribution is 0.420. The van der Waals surface area contributed by atoms with E-state index in [0.717, 1.165) is 4.88 Å². The van der Waals surface area contributed by atoms with Crippen LogP contribution in [-0.4, -0.2) is 20.1 Å². The molecule has 0 spiro atoms. The predicted molar refractivity (Wildman–Crippen MR) is 64.4 cm³/mol. The van der Waals surface area contributed by atoms with Crippen molar-refractivity contribution in [2.75, 3.05) is 11.3 Å². The van der Waals surface area contributed by atoms with Gasteiger partial charge in [-0.3, -0.25) is 4.72 Å². The van der Waals surface area contributed by atoms with Crippen molar-refractivity contribution in [1.82, 2.24) is 5.16 Å². The monoisotopic (exact) mass is 273 g/mol. The summed E-state index contributed by atoms with van der Waals surface area (Å²) in [6, 6.07) is 3.32. The fourth-order valence-corrected chi connectivity index (χ4v) is 3.63. The Morgan fingerprint density at radius 3 is 2.94 bits per heavy atom. The molecule has 0 aliphatic carbocycles. The molecule has 17 heavy (non-hydrogen) atoms. The highest BCUT2D eigenvalue weighted by atomic mass is 32.2. The zero-order valence-corrected chi connectivity index (χ0v) is 10.4. The summed E-state index contributed by atoms with van der Waals surface area (Å²) >= 11 is 1.20. The summed E-state index contributed by atoms with van der Waals surface area (Å²) in [4.78, 5) is 0.943. The Bertz CT molecular complexity index is 574. The molecular weight excluding hydrogens is 262 g/mol. The molecule has 0 aliphatic heterocycles. The van der Waals surface area contributed by atoms with E-state index in [1.165, 1.54) is 23.8 Å². The molecule has 0 unspecified atom stereocenters. The Kier molecular flexibility index (Phi) is 3.46. The SMILES string of the molecule is NCCc1ccc(S(=O)(=O)Nc2cnoc2)s1. The van der Waals surface area contributed by atoms with Crippen LogP contribution < -0.4 is 10.5 Å². The molecule has 0 atom stereocenters. The summed E-state index contributed by atoms with van der Waals surface area (Å²) in [5, 5.41) is 3.42. The number of aromatic nitrogens is 1. The molecule has 2 heterocycles. The number of nitrogens with two attached hydrogens (primary N) is 1. The zero-order chi connectivity index (χ0) is 12.3. The second-order valence-electron chi connectivity index (χ2n) is 3.28. The van der Waals surface area contributed by atoms with Gasteiger partial charge in [0.25, 0.3) is 10.0 Å². The molecule has 3 N–H and O–H groups in total. The number of sulfonamides is 1. The summed E-state index contributed by atoms with van der Waals surface area (Å²) in [7, 11) is -3.55. The van der Waals surface area contributed by atoms with E-state index >= 15 is 0 Å². The first-order chi connectivity index (χ1) is 8.12. The van der Waals surface area contributed by atoms with E-state index < -0.39 is 10.0 Å². The van der Waals surface area contributed by atoms with Crippen LogP contribution in [0.15, 0.2) is 33.3 Å². The maximum absolute atomic E-state index is 11.9. The van der Waals surface area contributed by atoms with Crippen LogP contribution in [0.2, 0.25) is 0 Å². The minimum Gasteiger partial charge on any atom is -0.362 e. The highest BCUT2D eigenvalue weighted by molar-refractivity contribution is 7.94. The number of hydrogen-bond donors (Lipinski definition) is 2. The zero-order valence-electron chi connectivity index (χ0n) is 8.79. The molecular formula is C9H11N3O3S2. The normalized spacial score (nSPS) is 11.6. The quantitative estimate of drug-likeness (QED) is 0.848. The van der Waals surface area contributed by atoms with Gasteiger partial charge in [-0.15, -0.1) is 11.3 Å². The average molecular weight is 273 g/mol. The Morgan fingerprint density at radius 2 is 2.29 bits per heavy atom. The maximum atomic E-state index is 11.9. The third kappa shape index (κ3) is 2.84. The second-order valence-corrected chi connectivity index (χ2v) is 6.36. The van der Waals surface area contributed by atoms with Gasteiger partial charge in [-0.05, 0) is 25.1 Å². The number of hydrogen-bond acceptors (Lipinski definition) is 6. The molecule has 0 radical (unpaired) electrons. The molecule has 0 saturated heterocycles. The lowest BCUT2D eigenvalue weighted by Gasteiger charge is -2.01. The van der Waals surface area contributed by atoms with Crippen molar-refractivity contribution in [3.63, 3.8) is 0 Å². The van der Waals surface area contributed by atoms with Gasteiger partial charge >= 0.3 is 0 Å². The van der Waals surface area contributed by atoms with Gasteiger partial charge in [-0.2, -0.15) is 0 Å². The van der Waals surface area contributed by atoms with Crippen LogP contribution in [0.25, 0.3) is 0 Å². The van der Waals surface area contributed by atoms with Gasteiger partial charge in [0.2, 0.25) is 0 Å². The molecule has 8 heteroatoms. The van der Waals surface area contributed by atoms with E-state index in [1.807, 2.05) is 0 Å². The maximum Gasteiger partial charge on any atom is 0.271 e. The molecule has 0 saturated carbocycles. The van der Waals surface area contributed by atoms with Crippen molar-refractivity contribution in [3.05, 3.63) is 29.5 Å². The summed E-state index contributed by atoms with van der Waals surface area (Å²) in [5.41, 5.74) is 5.71. The van der Waals surface area contributed by atoms with Crippen LogP contribution in [0.3, 0.4) is 0 Å². The smallest absolute Gasteiger partial charge is 0.271 e. The van der Waals surface area contributed by atoms with Crippen LogP contribution in [0.1, 0.15) is 4.88 Å². The fraction of sp³-hybridized carbons (Fsp3) is 0.222. The number of rotatable bonds is 5. The minimum absolute atomic E-state index is 0.252. The number of thiophene rings is 1. The Labute approximate surface area is 102 Å². The first kappa shape index (κ1) is 12.1. The van der Waals surface area contributed by atoms with Crippen molar-refractivity contribution in [1.29, 1.82) is 0 Å². The van der Waals surface area contributed by atoms with Crippen LogP contribution in [-0.2, 0) is 16.4 Å². The van der Waals surface area contributed by atoms with Crippen LogP contribution in [0.5, 0.6) is 0 Å². The van der Waals surface area contributed by atoms with E-state index in [0.29, 0.717) is 18.7 Å². The van der Waals surface area contributed by atoms with Gasteiger partial charge < -0.3 is 10.3 Å². The molecule has 0 aromatic carbocycles. The van der Waals surface area contributed by atoms with Gasteiger partial charge in [0.15, 0.2) is 0 Å². The number of nitrogens with one attached hydrogen (secondary N) is 1. The van der Waals surface area contributed by atoms with Gasteiger partial charge in [-0.1, -0.05) is 5.16 Å². The van der Waals surface area contributed by atoms with Crippen molar-refractivity contribution in [2.45, 2.75) is 10.6 Å².